The van der Waals surface area contributed by atoms with Crippen molar-refractivity contribution >= 4 is 5.91 Å². The lowest BCUT2D eigenvalue weighted by molar-refractivity contribution is -0.123. The third-order valence-electron chi connectivity index (χ3n) is 2.83. The summed E-state index contributed by atoms with van der Waals surface area (Å²) in [4.78, 5) is 13.1. The topological polar surface area (TPSA) is 55.6 Å². The van der Waals surface area contributed by atoms with Gasteiger partial charge in [0.15, 0.2) is 0 Å². The molecule has 4 nitrogen and oxygen atoms in total. The maximum Gasteiger partial charge on any atom is 0.234 e. The zero-order valence-corrected chi connectivity index (χ0v) is 9.03. The van der Waals surface area contributed by atoms with Crippen LogP contribution in [0.3, 0.4) is 0 Å². The Kier molecular flexibility index (Phi) is 4.35. The van der Waals surface area contributed by atoms with E-state index in [-0.39, 0.29) is 18.1 Å². The number of likely N-dealkylation sites (N-methyl/N-ethyl adjacent to an activating group) is 1. The molecule has 0 aromatic carbocycles. The van der Waals surface area contributed by atoms with Crippen molar-refractivity contribution in [2.75, 3.05) is 19.7 Å². The van der Waals surface area contributed by atoms with Crippen molar-refractivity contribution < 1.29 is 9.53 Å². The summed E-state index contributed by atoms with van der Waals surface area (Å²) in [5.74, 6) is -0.259. The Morgan fingerprint density at radius 3 is 2.86 bits per heavy atom. The highest BCUT2D eigenvalue weighted by molar-refractivity contribution is 5.79. The lowest BCUT2D eigenvalue weighted by atomic mass is 10.2. The summed E-state index contributed by atoms with van der Waals surface area (Å²) < 4.78 is 5.52. The molecule has 0 aromatic heterocycles. The number of primary amides is 1. The molecule has 0 aromatic rings. The molecule has 14 heavy (non-hydrogen) atoms. The lowest BCUT2D eigenvalue weighted by Crippen LogP contribution is -2.45. The third-order valence-corrected chi connectivity index (χ3v) is 2.83. The predicted octanol–water partition coefficient (Wildman–Crippen LogP) is 0.361. The lowest BCUT2D eigenvalue weighted by Gasteiger charge is -2.27. The maximum atomic E-state index is 11.0. The molecule has 1 rings (SSSR count). The smallest absolute Gasteiger partial charge is 0.234 e. The van der Waals surface area contributed by atoms with Gasteiger partial charge in [0.2, 0.25) is 5.91 Å². The van der Waals surface area contributed by atoms with Crippen molar-refractivity contribution in [1.82, 2.24) is 4.90 Å². The van der Waals surface area contributed by atoms with E-state index in [1.54, 1.807) is 0 Å². The second-order valence-corrected chi connectivity index (χ2v) is 3.80. The van der Waals surface area contributed by atoms with Gasteiger partial charge in [-0.15, -0.1) is 0 Å². The summed E-state index contributed by atoms with van der Waals surface area (Å²) in [5, 5.41) is 0. The Hall–Kier alpha value is -0.610. The molecule has 0 spiro atoms. The molecule has 1 amide bonds. The van der Waals surface area contributed by atoms with E-state index in [0.29, 0.717) is 0 Å². The minimum Gasteiger partial charge on any atom is -0.377 e. The molecule has 82 valence electrons. The van der Waals surface area contributed by atoms with Gasteiger partial charge in [-0.05, 0) is 26.3 Å². The fourth-order valence-corrected chi connectivity index (χ4v) is 1.79. The van der Waals surface area contributed by atoms with Crippen LogP contribution < -0.4 is 5.73 Å². The maximum absolute atomic E-state index is 11.0. The highest BCUT2D eigenvalue weighted by Gasteiger charge is 2.23. The van der Waals surface area contributed by atoms with E-state index in [0.717, 1.165) is 32.5 Å². The molecule has 0 saturated carbocycles. The van der Waals surface area contributed by atoms with Crippen molar-refractivity contribution in [2.45, 2.75) is 38.8 Å². The SMILES string of the molecule is CCN(CC1CCCO1)C(C)C(N)=O. The standard InChI is InChI=1S/C10H20N2O2/c1-3-12(8(2)10(11)13)7-9-5-4-6-14-9/h8-9H,3-7H2,1-2H3,(H2,11,13). The number of amides is 1. The number of nitrogens with two attached hydrogens (primary N) is 1. The monoisotopic (exact) mass is 200 g/mol. The van der Waals surface area contributed by atoms with E-state index >= 15 is 0 Å². The molecule has 1 fully saturated rings. The van der Waals surface area contributed by atoms with Crippen LogP contribution in [0.25, 0.3) is 0 Å². The first-order chi connectivity index (χ1) is 6.65. The Morgan fingerprint density at radius 2 is 2.43 bits per heavy atom. The predicted molar refractivity (Wildman–Crippen MR) is 54.9 cm³/mol. The van der Waals surface area contributed by atoms with E-state index < -0.39 is 0 Å². The summed E-state index contributed by atoms with van der Waals surface area (Å²) in [5.41, 5.74) is 5.27. The first-order valence-corrected chi connectivity index (χ1v) is 5.30. The molecule has 4 heteroatoms. The second kappa shape index (κ2) is 5.32. The molecule has 1 aliphatic rings. The molecule has 0 radical (unpaired) electrons. The van der Waals surface area contributed by atoms with Gasteiger partial charge in [-0.3, -0.25) is 9.69 Å². The van der Waals surface area contributed by atoms with Crippen LogP contribution in [-0.2, 0) is 9.53 Å². The highest BCUT2D eigenvalue weighted by atomic mass is 16.5. The molecule has 2 atom stereocenters. The van der Waals surface area contributed by atoms with Crippen LogP contribution in [0.4, 0.5) is 0 Å². The van der Waals surface area contributed by atoms with Gasteiger partial charge in [-0.1, -0.05) is 6.92 Å². The normalized spacial score (nSPS) is 24.1. The van der Waals surface area contributed by atoms with E-state index in [4.69, 9.17) is 10.5 Å². The molecular weight excluding hydrogens is 180 g/mol. The number of hydrogen-bond donors (Lipinski definition) is 1. The van der Waals surface area contributed by atoms with Crippen LogP contribution in [0, 0.1) is 0 Å². The summed E-state index contributed by atoms with van der Waals surface area (Å²) in [6.45, 7) is 6.40. The highest BCUT2D eigenvalue weighted by Crippen LogP contribution is 2.14. The molecule has 2 unspecified atom stereocenters. The molecule has 1 aliphatic heterocycles. The Bertz CT molecular complexity index is 191. The van der Waals surface area contributed by atoms with Crippen molar-refractivity contribution in [1.29, 1.82) is 0 Å². The minimum atomic E-state index is -0.259. The van der Waals surface area contributed by atoms with E-state index in [1.807, 2.05) is 13.8 Å². The largest absolute Gasteiger partial charge is 0.377 e. The van der Waals surface area contributed by atoms with Crippen molar-refractivity contribution in [3.63, 3.8) is 0 Å². The van der Waals surface area contributed by atoms with Gasteiger partial charge in [-0.25, -0.2) is 0 Å². The van der Waals surface area contributed by atoms with Gasteiger partial charge in [0.1, 0.15) is 0 Å². The summed E-state index contributed by atoms with van der Waals surface area (Å²) in [7, 11) is 0. The number of carbonyl (C=O) groups excluding carboxylic acids is 1. The van der Waals surface area contributed by atoms with Crippen LogP contribution in [0.15, 0.2) is 0 Å². The number of nitrogens with zero attached hydrogens (tertiary/aromatic N) is 1. The average Bonchev–Trinajstić information content (AvgIpc) is 2.65. The van der Waals surface area contributed by atoms with E-state index in [9.17, 15) is 4.79 Å². The van der Waals surface area contributed by atoms with Gasteiger partial charge in [0.05, 0.1) is 12.1 Å². The Balaban J connectivity index is 2.40. The van der Waals surface area contributed by atoms with Crippen LogP contribution in [0.5, 0.6) is 0 Å². The number of carbonyl (C=O) groups is 1. The second-order valence-electron chi connectivity index (χ2n) is 3.80. The van der Waals surface area contributed by atoms with Gasteiger partial charge in [-0.2, -0.15) is 0 Å². The fourth-order valence-electron chi connectivity index (χ4n) is 1.79. The van der Waals surface area contributed by atoms with Crippen LogP contribution >= 0.6 is 0 Å². The molecule has 0 aliphatic carbocycles. The molecule has 1 saturated heterocycles. The zero-order chi connectivity index (χ0) is 10.6. The third kappa shape index (κ3) is 2.96. The Morgan fingerprint density at radius 1 is 1.71 bits per heavy atom. The Labute approximate surface area is 85.4 Å². The van der Waals surface area contributed by atoms with Gasteiger partial charge in [0, 0.05) is 13.2 Å². The van der Waals surface area contributed by atoms with Gasteiger partial charge >= 0.3 is 0 Å². The number of ether oxygens (including phenoxy) is 1. The van der Waals surface area contributed by atoms with Crippen molar-refractivity contribution in [2.24, 2.45) is 5.73 Å². The van der Waals surface area contributed by atoms with Crippen molar-refractivity contribution in [3.8, 4) is 0 Å². The average molecular weight is 200 g/mol. The van der Waals surface area contributed by atoms with Crippen LogP contribution in [0.2, 0.25) is 0 Å². The minimum absolute atomic E-state index is 0.191. The zero-order valence-electron chi connectivity index (χ0n) is 9.03. The summed E-state index contributed by atoms with van der Waals surface area (Å²) in [6.07, 6.45) is 2.52. The summed E-state index contributed by atoms with van der Waals surface area (Å²) >= 11 is 0. The summed E-state index contributed by atoms with van der Waals surface area (Å²) in [6, 6.07) is -0.191. The number of rotatable bonds is 5. The molecular formula is C10H20N2O2. The van der Waals surface area contributed by atoms with Crippen LogP contribution in [0.1, 0.15) is 26.7 Å². The van der Waals surface area contributed by atoms with E-state index in [1.165, 1.54) is 0 Å². The first-order valence-electron chi connectivity index (χ1n) is 5.30. The fraction of sp³-hybridized carbons (Fsp3) is 0.900. The van der Waals surface area contributed by atoms with Gasteiger partial charge < -0.3 is 10.5 Å². The molecule has 2 N–H and O–H groups in total. The quantitative estimate of drug-likeness (QED) is 0.697. The molecule has 0 bridgehead atoms. The number of hydrogen-bond acceptors (Lipinski definition) is 3. The van der Waals surface area contributed by atoms with E-state index in [2.05, 4.69) is 4.90 Å². The van der Waals surface area contributed by atoms with Crippen LogP contribution in [-0.4, -0.2) is 42.6 Å². The van der Waals surface area contributed by atoms with Crippen molar-refractivity contribution in [3.05, 3.63) is 0 Å². The molecule has 1 heterocycles. The first kappa shape index (κ1) is 11.5. The van der Waals surface area contributed by atoms with Gasteiger partial charge in [0.25, 0.3) is 0 Å².